The van der Waals surface area contributed by atoms with Gasteiger partial charge >= 0.3 is 5.97 Å². The van der Waals surface area contributed by atoms with E-state index < -0.39 is 12.1 Å². The second-order valence-corrected chi connectivity index (χ2v) is 6.36. The van der Waals surface area contributed by atoms with Crippen molar-refractivity contribution in [2.45, 2.75) is 26.0 Å². The minimum absolute atomic E-state index is 0.0403. The molecule has 8 heteroatoms. The zero-order valence-corrected chi connectivity index (χ0v) is 16.4. The monoisotopic (exact) mass is 421 g/mol. The number of esters is 1. The Labute approximate surface area is 160 Å². The fourth-order valence-corrected chi connectivity index (χ4v) is 3.38. The highest BCUT2D eigenvalue weighted by Gasteiger charge is 2.30. The maximum atomic E-state index is 12.3. The number of aliphatic hydroxyl groups is 1. The number of halogens is 1. The molecule has 26 heavy (non-hydrogen) atoms. The predicted molar refractivity (Wildman–Crippen MR) is 97.7 cm³/mol. The van der Waals surface area contributed by atoms with E-state index >= 15 is 0 Å². The number of carbonyl (C=O) groups is 1. The van der Waals surface area contributed by atoms with Gasteiger partial charge in [0, 0.05) is 7.11 Å². The molecule has 0 radical (unpaired) electrons. The normalized spacial score (nSPS) is 13.1. The second-order valence-electron chi connectivity index (χ2n) is 5.65. The molecule has 2 rings (SSSR count). The van der Waals surface area contributed by atoms with Gasteiger partial charge in [-0.3, -0.25) is 0 Å². The van der Waals surface area contributed by atoms with Crippen LogP contribution < -0.4 is 0 Å². The third-order valence-electron chi connectivity index (χ3n) is 3.84. The number of ether oxygens (including phenoxy) is 2. The second kappa shape index (κ2) is 8.94. The lowest BCUT2D eigenvalue weighted by Gasteiger charge is -2.21. The third-order valence-corrected chi connectivity index (χ3v) is 4.40. The molecule has 0 amide bonds. The zero-order chi connectivity index (χ0) is 19.3. The molecular formula is C18H20BrN3O4. The standard InChI is InChI=1S/C18H20BrN3O4/c1-4-26-17(24)14-15(22(18(19)21-14)11(2)10-25-3)16(23)13-7-5-12(9-20)6-8-13/h5-8,11,16,23H,4,10H2,1-3H3/t11-,16?/m1/s1. The van der Waals surface area contributed by atoms with Crippen LogP contribution >= 0.6 is 15.9 Å². The van der Waals surface area contributed by atoms with Crippen molar-refractivity contribution in [1.29, 1.82) is 5.26 Å². The topological polar surface area (TPSA) is 97.4 Å². The van der Waals surface area contributed by atoms with Gasteiger partial charge in [0.25, 0.3) is 0 Å². The van der Waals surface area contributed by atoms with Crippen LogP contribution in [0.5, 0.6) is 0 Å². The molecule has 0 saturated heterocycles. The predicted octanol–water partition coefficient (Wildman–Crippen LogP) is 2.98. The summed E-state index contributed by atoms with van der Waals surface area (Å²) in [5.41, 5.74) is 1.37. The first-order valence-electron chi connectivity index (χ1n) is 8.06. The summed E-state index contributed by atoms with van der Waals surface area (Å²) in [6, 6.07) is 8.35. The SMILES string of the molecule is CCOC(=O)c1nc(Br)n([C@H](C)COC)c1C(O)c1ccc(C#N)cc1. The van der Waals surface area contributed by atoms with Gasteiger partial charge < -0.3 is 19.1 Å². The number of benzene rings is 1. The minimum atomic E-state index is -1.12. The molecule has 0 aliphatic heterocycles. The first-order chi connectivity index (χ1) is 12.4. The third kappa shape index (κ3) is 4.12. The number of aromatic nitrogens is 2. The highest BCUT2D eigenvalue weighted by molar-refractivity contribution is 9.10. The number of hydrogen-bond acceptors (Lipinski definition) is 6. The fraction of sp³-hybridized carbons (Fsp3) is 0.389. The van der Waals surface area contributed by atoms with E-state index in [1.165, 1.54) is 0 Å². The molecule has 2 aromatic rings. The van der Waals surface area contributed by atoms with Crippen molar-refractivity contribution >= 4 is 21.9 Å². The van der Waals surface area contributed by atoms with Crippen LogP contribution in [0.2, 0.25) is 0 Å². The molecule has 0 saturated carbocycles. The zero-order valence-electron chi connectivity index (χ0n) is 14.8. The number of carbonyl (C=O) groups excluding carboxylic acids is 1. The summed E-state index contributed by atoms with van der Waals surface area (Å²) in [4.78, 5) is 16.6. The Kier molecular flexibility index (Phi) is 6.91. The number of rotatable bonds is 7. The maximum Gasteiger partial charge on any atom is 0.358 e. The Morgan fingerprint density at radius 2 is 2.08 bits per heavy atom. The van der Waals surface area contributed by atoms with Crippen molar-refractivity contribution in [1.82, 2.24) is 9.55 Å². The van der Waals surface area contributed by atoms with Crippen LogP contribution in [0.3, 0.4) is 0 Å². The quantitative estimate of drug-likeness (QED) is 0.689. The van der Waals surface area contributed by atoms with E-state index in [9.17, 15) is 9.90 Å². The Balaban J connectivity index is 2.57. The number of aliphatic hydroxyl groups excluding tert-OH is 1. The summed E-state index contributed by atoms with van der Waals surface area (Å²) in [6.07, 6.45) is -1.12. The molecule has 1 aromatic carbocycles. The van der Waals surface area contributed by atoms with Crippen LogP contribution in [0.1, 0.15) is 53.3 Å². The largest absolute Gasteiger partial charge is 0.461 e. The molecule has 138 valence electrons. The van der Waals surface area contributed by atoms with Crippen molar-refractivity contribution < 1.29 is 19.4 Å². The molecule has 1 N–H and O–H groups in total. The summed E-state index contributed by atoms with van der Waals surface area (Å²) in [5, 5.41) is 19.9. The van der Waals surface area contributed by atoms with Crippen molar-refractivity contribution in [2.24, 2.45) is 0 Å². The van der Waals surface area contributed by atoms with Crippen LogP contribution in [-0.4, -0.2) is 41.0 Å². The summed E-state index contributed by atoms with van der Waals surface area (Å²) < 4.78 is 12.4. The molecule has 1 aromatic heterocycles. The van der Waals surface area contributed by atoms with Gasteiger partial charge in [-0.15, -0.1) is 0 Å². The Morgan fingerprint density at radius 1 is 1.42 bits per heavy atom. The van der Waals surface area contributed by atoms with E-state index in [1.54, 1.807) is 42.9 Å². The van der Waals surface area contributed by atoms with E-state index in [1.807, 2.05) is 13.0 Å². The molecule has 2 atom stereocenters. The van der Waals surface area contributed by atoms with Gasteiger partial charge in [-0.05, 0) is 47.5 Å². The van der Waals surface area contributed by atoms with Crippen LogP contribution in [-0.2, 0) is 9.47 Å². The summed E-state index contributed by atoms with van der Waals surface area (Å²) in [7, 11) is 1.57. The van der Waals surface area contributed by atoms with Gasteiger partial charge in [0.1, 0.15) is 6.10 Å². The summed E-state index contributed by atoms with van der Waals surface area (Å²) >= 11 is 3.36. The fourth-order valence-electron chi connectivity index (χ4n) is 2.66. The average molecular weight is 422 g/mol. The Morgan fingerprint density at radius 3 is 2.62 bits per heavy atom. The van der Waals surface area contributed by atoms with E-state index in [-0.39, 0.29) is 18.3 Å². The number of imidazole rings is 1. The molecule has 1 unspecified atom stereocenters. The van der Waals surface area contributed by atoms with Crippen molar-refractivity contribution in [3.8, 4) is 6.07 Å². The van der Waals surface area contributed by atoms with E-state index in [2.05, 4.69) is 20.9 Å². The molecule has 0 spiro atoms. The van der Waals surface area contributed by atoms with Gasteiger partial charge in [0.05, 0.1) is 36.6 Å². The highest BCUT2D eigenvalue weighted by atomic mass is 79.9. The number of nitriles is 1. The lowest BCUT2D eigenvalue weighted by atomic mass is 10.0. The first-order valence-corrected chi connectivity index (χ1v) is 8.85. The highest BCUT2D eigenvalue weighted by Crippen LogP contribution is 2.32. The van der Waals surface area contributed by atoms with Crippen LogP contribution in [0.4, 0.5) is 0 Å². The molecule has 0 fully saturated rings. The van der Waals surface area contributed by atoms with E-state index in [0.717, 1.165) is 0 Å². The van der Waals surface area contributed by atoms with Crippen molar-refractivity contribution in [3.05, 3.63) is 51.5 Å². The van der Waals surface area contributed by atoms with Gasteiger partial charge in [0.2, 0.25) is 0 Å². The minimum Gasteiger partial charge on any atom is -0.461 e. The molecule has 1 heterocycles. The Bertz CT molecular complexity index is 811. The molecular weight excluding hydrogens is 402 g/mol. The molecule has 0 aliphatic rings. The lowest BCUT2D eigenvalue weighted by Crippen LogP contribution is -2.19. The van der Waals surface area contributed by atoms with E-state index in [4.69, 9.17) is 14.7 Å². The number of methoxy groups -OCH3 is 1. The van der Waals surface area contributed by atoms with Crippen molar-refractivity contribution in [2.75, 3.05) is 20.3 Å². The molecule has 0 bridgehead atoms. The summed E-state index contributed by atoms with van der Waals surface area (Å²) in [6.45, 7) is 4.15. The average Bonchev–Trinajstić information content (AvgIpc) is 2.99. The first kappa shape index (κ1) is 20.1. The van der Waals surface area contributed by atoms with E-state index in [0.29, 0.717) is 28.2 Å². The molecule has 7 nitrogen and oxygen atoms in total. The van der Waals surface area contributed by atoms with Crippen molar-refractivity contribution in [3.63, 3.8) is 0 Å². The van der Waals surface area contributed by atoms with Crippen LogP contribution in [0.25, 0.3) is 0 Å². The lowest BCUT2D eigenvalue weighted by molar-refractivity contribution is 0.0513. The number of hydrogen-bond donors (Lipinski definition) is 1. The Hall–Kier alpha value is -2.21. The van der Waals surface area contributed by atoms with Gasteiger partial charge in [-0.2, -0.15) is 5.26 Å². The smallest absolute Gasteiger partial charge is 0.358 e. The van der Waals surface area contributed by atoms with Gasteiger partial charge in [0.15, 0.2) is 10.4 Å². The summed E-state index contributed by atoms with van der Waals surface area (Å²) in [5.74, 6) is -0.612. The molecule has 0 aliphatic carbocycles. The van der Waals surface area contributed by atoms with Crippen LogP contribution in [0.15, 0.2) is 29.0 Å². The number of nitrogens with zero attached hydrogens (tertiary/aromatic N) is 3. The van der Waals surface area contributed by atoms with Crippen LogP contribution in [0, 0.1) is 11.3 Å². The maximum absolute atomic E-state index is 12.3. The van der Waals surface area contributed by atoms with Gasteiger partial charge in [-0.1, -0.05) is 12.1 Å². The van der Waals surface area contributed by atoms with Gasteiger partial charge in [-0.25, -0.2) is 9.78 Å².